The normalized spacial score (nSPS) is 18.2. The van der Waals surface area contributed by atoms with Crippen LogP contribution in [0.2, 0.25) is 0 Å². The van der Waals surface area contributed by atoms with Crippen molar-refractivity contribution in [3.63, 3.8) is 0 Å². The Hall–Kier alpha value is -3.34. The molecule has 3 atom stereocenters. The standard InChI is InChI=1S/C29H40N4O8/c1-5-9-37-10-11-38-12-13-39-14-15-40-16-17-41-20-24-19-32(31-30-24)28-21(3)26(6-2)33(22(4)34)27-8-7-23(29(35)36)18-25(27)28/h1,7-8,18-19,21,26,28H,6,9-17,20H2,2-4H3,(H,35,36)/t21?,26?,28-/m0/s1. The summed E-state index contributed by atoms with van der Waals surface area (Å²) in [4.78, 5) is 26.1. The van der Waals surface area contributed by atoms with Gasteiger partial charge in [-0.05, 0) is 24.6 Å². The zero-order valence-corrected chi connectivity index (χ0v) is 24.0. The predicted octanol–water partition coefficient (Wildman–Crippen LogP) is 2.56. The number of aromatic nitrogens is 3. The molecule has 3 rings (SSSR count). The smallest absolute Gasteiger partial charge is 0.335 e. The maximum absolute atomic E-state index is 12.6. The Balaban J connectivity index is 1.46. The van der Waals surface area contributed by atoms with E-state index in [4.69, 9.17) is 30.1 Å². The van der Waals surface area contributed by atoms with Crippen LogP contribution >= 0.6 is 0 Å². The molecule has 0 saturated heterocycles. The second-order valence-electron chi connectivity index (χ2n) is 9.58. The van der Waals surface area contributed by atoms with Crippen LogP contribution in [0.3, 0.4) is 0 Å². The molecule has 12 heteroatoms. The summed E-state index contributed by atoms with van der Waals surface area (Å²) in [6, 6.07) is 4.51. The number of carboxylic acids is 1. The van der Waals surface area contributed by atoms with Gasteiger partial charge in [0.05, 0.1) is 77.3 Å². The van der Waals surface area contributed by atoms with Gasteiger partial charge in [-0.1, -0.05) is 25.0 Å². The second-order valence-corrected chi connectivity index (χ2v) is 9.58. The van der Waals surface area contributed by atoms with Crippen LogP contribution in [0.5, 0.6) is 0 Å². The van der Waals surface area contributed by atoms with Gasteiger partial charge in [0.25, 0.3) is 0 Å². The summed E-state index contributed by atoms with van der Waals surface area (Å²) in [6.45, 7) is 9.72. The SMILES string of the molecule is C#CCOCCOCCOCCOCCOCc1cn([C@@H]2c3cc(C(=O)O)ccc3N(C(C)=O)C(CC)C2C)nn1. The molecule has 1 aromatic carbocycles. The van der Waals surface area contributed by atoms with Crippen LogP contribution in [-0.2, 0) is 35.1 Å². The van der Waals surface area contributed by atoms with E-state index >= 15 is 0 Å². The molecule has 224 valence electrons. The third-order valence-corrected chi connectivity index (χ3v) is 6.81. The number of carbonyl (C=O) groups excluding carboxylic acids is 1. The number of ether oxygens (including phenoxy) is 5. The molecule has 1 aliphatic heterocycles. The summed E-state index contributed by atoms with van der Waals surface area (Å²) in [5.74, 6) is 1.24. The van der Waals surface area contributed by atoms with Gasteiger partial charge in [-0.25, -0.2) is 9.48 Å². The van der Waals surface area contributed by atoms with Crippen molar-refractivity contribution in [3.8, 4) is 12.3 Å². The third kappa shape index (κ3) is 9.08. The first kappa shape index (κ1) is 32.2. The minimum absolute atomic E-state index is 0.0361. The van der Waals surface area contributed by atoms with Crippen LogP contribution in [0.15, 0.2) is 24.4 Å². The van der Waals surface area contributed by atoms with E-state index in [0.717, 1.165) is 12.0 Å². The fraction of sp³-hybridized carbons (Fsp3) is 0.586. The molecule has 2 unspecified atom stereocenters. The molecular formula is C29H40N4O8. The Bertz CT molecular complexity index is 1160. The highest BCUT2D eigenvalue weighted by molar-refractivity contribution is 5.95. The van der Waals surface area contributed by atoms with Crippen molar-refractivity contribution < 1.29 is 38.4 Å². The summed E-state index contributed by atoms with van der Waals surface area (Å²) in [6.07, 6.45) is 7.64. The fourth-order valence-corrected chi connectivity index (χ4v) is 4.99. The second kappa shape index (κ2) is 16.8. The van der Waals surface area contributed by atoms with E-state index in [2.05, 4.69) is 23.2 Å². The number of rotatable bonds is 18. The molecule has 0 saturated carbocycles. The first-order valence-corrected chi connectivity index (χ1v) is 13.8. The highest BCUT2D eigenvalue weighted by Gasteiger charge is 2.41. The van der Waals surface area contributed by atoms with E-state index in [1.807, 2.05) is 13.1 Å². The Morgan fingerprint density at radius 1 is 1.00 bits per heavy atom. The van der Waals surface area contributed by atoms with Crippen molar-refractivity contribution in [2.45, 2.75) is 45.9 Å². The van der Waals surface area contributed by atoms with Gasteiger partial charge in [-0.15, -0.1) is 11.5 Å². The van der Waals surface area contributed by atoms with E-state index in [1.54, 1.807) is 21.7 Å². The number of carbonyl (C=O) groups is 2. The predicted molar refractivity (Wildman–Crippen MR) is 150 cm³/mol. The summed E-state index contributed by atoms with van der Waals surface area (Å²) in [5.41, 5.74) is 2.23. The van der Waals surface area contributed by atoms with Gasteiger partial charge < -0.3 is 33.7 Å². The molecule has 0 radical (unpaired) electrons. The highest BCUT2D eigenvalue weighted by Crippen LogP contribution is 2.44. The van der Waals surface area contributed by atoms with E-state index in [9.17, 15) is 14.7 Å². The minimum Gasteiger partial charge on any atom is -0.478 e. The summed E-state index contributed by atoms with van der Waals surface area (Å²) >= 11 is 0. The van der Waals surface area contributed by atoms with E-state index in [1.165, 1.54) is 13.0 Å². The molecule has 12 nitrogen and oxygen atoms in total. The van der Waals surface area contributed by atoms with Gasteiger partial charge in [-0.2, -0.15) is 0 Å². The van der Waals surface area contributed by atoms with Crippen LogP contribution in [-0.4, -0.2) is 97.5 Å². The lowest BCUT2D eigenvalue weighted by molar-refractivity contribution is -0.117. The number of carboxylic acid groups (broad SMARTS) is 1. The monoisotopic (exact) mass is 572 g/mol. The van der Waals surface area contributed by atoms with Crippen LogP contribution in [0.1, 0.15) is 54.8 Å². The Kier molecular flexibility index (Phi) is 13.2. The van der Waals surface area contributed by atoms with Gasteiger partial charge in [-0.3, -0.25) is 4.79 Å². The van der Waals surface area contributed by atoms with E-state index in [0.29, 0.717) is 64.2 Å². The molecule has 0 spiro atoms. The number of terminal acetylenes is 1. The Morgan fingerprint density at radius 2 is 1.61 bits per heavy atom. The van der Waals surface area contributed by atoms with Gasteiger partial charge >= 0.3 is 5.97 Å². The lowest BCUT2D eigenvalue weighted by atomic mass is 9.80. The van der Waals surface area contributed by atoms with E-state index in [-0.39, 0.29) is 42.7 Å². The van der Waals surface area contributed by atoms with Gasteiger partial charge in [0.2, 0.25) is 5.91 Å². The molecule has 1 aliphatic rings. The largest absolute Gasteiger partial charge is 0.478 e. The molecule has 1 aromatic heterocycles. The van der Waals surface area contributed by atoms with Crippen molar-refractivity contribution in [2.24, 2.45) is 5.92 Å². The van der Waals surface area contributed by atoms with Gasteiger partial charge in [0.15, 0.2) is 0 Å². The number of fused-ring (bicyclic) bond motifs is 1. The number of benzene rings is 1. The minimum atomic E-state index is -1.03. The number of aromatic carboxylic acids is 1. The molecular weight excluding hydrogens is 532 g/mol. The van der Waals surface area contributed by atoms with Crippen molar-refractivity contribution in [1.29, 1.82) is 0 Å². The quantitative estimate of drug-likeness (QED) is 0.210. The van der Waals surface area contributed by atoms with Crippen molar-refractivity contribution in [2.75, 3.05) is 64.4 Å². The maximum atomic E-state index is 12.6. The van der Waals surface area contributed by atoms with Gasteiger partial charge in [0.1, 0.15) is 12.3 Å². The average Bonchev–Trinajstić information content (AvgIpc) is 3.42. The lowest BCUT2D eigenvalue weighted by Crippen LogP contribution is -2.49. The van der Waals surface area contributed by atoms with E-state index < -0.39 is 5.97 Å². The first-order valence-electron chi connectivity index (χ1n) is 13.8. The molecule has 1 amide bonds. The maximum Gasteiger partial charge on any atom is 0.335 e. The third-order valence-electron chi connectivity index (χ3n) is 6.81. The zero-order valence-electron chi connectivity index (χ0n) is 24.0. The zero-order chi connectivity index (χ0) is 29.6. The number of hydrogen-bond donors (Lipinski definition) is 1. The topological polar surface area (TPSA) is 134 Å². The molecule has 0 bridgehead atoms. The summed E-state index contributed by atoms with van der Waals surface area (Å²) in [7, 11) is 0. The van der Waals surface area contributed by atoms with Crippen LogP contribution in [0.25, 0.3) is 0 Å². The highest BCUT2D eigenvalue weighted by atomic mass is 16.6. The fourth-order valence-electron chi connectivity index (χ4n) is 4.99. The number of nitrogens with zero attached hydrogens (tertiary/aromatic N) is 4. The molecule has 0 fully saturated rings. The number of hydrogen-bond acceptors (Lipinski definition) is 9. The first-order chi connectivity index (χ1) is 19.9. The molecule has 2 heterocycles. The number of anilines is 1. The molecule has 2 aromatic rings. The Labute approximate surface area is 240 Å². The van der Waals surface area contributed by atoms with Crippen molar-refractivity contribution in [1.82, 2.24) is 15.0 Å². The van der Waals surface area contributed by atoms with Crippen LogP contribution in [0.4, 0.5) is 5.69 Å². The van der Waals surface area contributed by atoms with Crippen LogP contribution in [0, 0.1) is 18.3 Å². The van der Waals surface area contributed by atoms with Gasteiger partial charge in [0, 0.05) is 30.1 Å². The number of amides is 1. The lowest BCUT2D eigenvalue weighted by Gasteiger charge is -2.44. The van der Waals surface area contributed by atoms with Crippen LogP contribution < -0.4 is 4.90 Å². The average molecular weight is 573 g/mol. The molecule has 41 heavy (non-hydrogen) atoms. The summed E-state index contributed by atoms with van der Waals surface area (Å²) in [5, 5.41) is 18.2. The van der Waals surface area contributed by atoms with Crippen molar-refractivity contribution in [3.05, 3.63) is 41.2 Å². The Morgan fingerprint density at radius 3 is 2.17 bits per heavy atom. The summed E-state index contributed by atoms with van der Waals surface area (Å²) < 4.78 is 28.9. The van der Waals surface area contributed by atoms with Crippen molar-refractivity contribution >= 4 is 17.6 Å². The molecule has 0 aliphatic carbocycles. The molecule has 1 N–H and O–H groups in total.